The fraction of sp³-hybridized carbons (Fsp3) is 0.389. The Bertz CT molecular complexity index is 740. The Morgan fingerprint density at radius 1 is 1.21 bits per heavy atom. The van der Waals surface area contributed by atoms with Gasteiger partial charge in [0.2, 0.25) is 0 Å². The Hall–Kier alpha value is -2.50. The number of halogens is 1. The van der Waals surface area contributed by atoms with E-state index in [9.17, 15) is 9.18 Å². The molecule has 6 heteroatoms. The molecule has 1 aliphatic heterocycles. The Morgan fingerprint density at radius 3 is 2.88 bits per heavy atom. The minimum absolute atomic E-state index is 0.0495. The third-order valence-electron chi connectivity index (χ3n) is 4.98. The maximum absolute atomic E-state index is 13.8. The number of carbonyl (C=O) groups is 1. The minimum atomic E-state index is -0.341. The number of ether oxygens (including phenoxy) is 1. The molecule has 2 aromatic rings. The molecule has 1 amide bonds. The Labute approximate surface area is 139 Å². The summed E-state index contributed by atoms with van der Waals surface area (Å²) in [4.78, 5) is 22.4. The minimum Gasteiger partial charge on any atom is -0.487 e. The smallest absolute Gasteiger partial charge is 0.274 e. The van der Waals surface area contributed by atoms with E-state index >= 15 is 0 Å². The first-order chi connectivity index (χ1) is 11.7. The highest BCUT2D eigenvalue weighted by Gasteiger charge is 2.45. The molecule has 3 atom stereocenters. The third kappa shape index (κ3) is 2.72. The van der Waals surface area contributed by atoms with Crippen LogP contribution in [0, 0.1) is 17.7 Å². The molecular weight excluding hydrogens is 309 g/mol. The van der Waals surface area contributed by atoms with Crippen LogP contribution in [0.4, 0.5) is 4.39 Å². The molecule has 0 unspecified atom stereocenters. The standard InChI is InChI=1S/C18H18FN3O2/c19-14-3-1-2-4-17(14)24-16-6-5-12-10-22(11-13(12)16)18(23)15-9-20-7-8-21-15/h1-4,7-9,12-13,16H,5-6,10-11H2/t12-,13+,16-/m0/s1. The van der Waals surface area contributed by atoms with Crippen molar-refractivity contribution in [3.05, 3.63) is 54.4 Å². The zero-order valence-corrected chi connectivity index (χ0v) is 13.1. The zero-order valence-electron chi connectivity index (χ0n) is 13.1. The summed E-state index contributed by atoms with van der Waals surface area (Å²) in [6.45, 7) is 1.33. The largest absolute Gasteiger partial charge is 0.487 e. The molecule has 2 fully saturated rings. The van der Waals surface area contributed by atoms with E-state index in [1.807, 2.05) is 4.90 Å². The first kappa shape index (κ1) is 15.1. The molecule has 5 nitrogen and oxygen atoms in total. The van der Waals surface area contributed by atoms with Crippen molar-refractivity contribution in [2.45, 2.75) is 18.9 Å². The van der Waals surface area contributed by atoms with E-state index in [1.54, 1.807) is 24.4 Å². The number of para-hydroxylation sites is 1. The van der Waals surface area contributed by atoms with E-state index in [-0.39, 0.29) is 23.7 Å². The van der Waals surface area contributed by atoms with E-state index < -0.39 is 0 Å². The number of hydrogen-bond acceptors (Lipinski definition) is 4. The normalized spacial score (nSPS) is 25.5. The van der Waals surface area contributed by atoms with Gasteiger partial charge in [-0.25, -0.2) is 9.37 Å². The van der Waals surface area contributed by atoms with Crippen molar-refractivity contribution < 1.29 is 13.9 Å². The van der Waals surface area contributed by atoms with Crippen molar-refractivity contribution >= 4 is 5.91 Å². The fourth-order valence-corrected chi connectivity index (χ4v) is 3.80. The number of benzene rings is 1. The van der Waals surface area contributed by atoms with Gasteiger partial charge in [-0.2, -0.15) is 0 Å². The highest BCUT2D eigenvalue weighted by molar-refractivity contribution is 5.92. The second-order valence-corrected chi connectivity index (χ2v) is 6.39. The molecule has 1 saturated carbocycles. The molecule has 0 spiro atoms. The molecule has 0 N–H and O–H groups in total. The molecule has 0 radical (unpaired) electrons. The highest BCUT2D eigenvalue weighted by Crippen LogP contribution is 2.40. The summed E-state index contributed by atoms with van der Waals surface area (Å²) < 4.78 is 19.7. The average molecular weight is 327 g/mol. The number of amides is 1. The van der Waals surface area contributed by atoms with Crippen LogP contribution in [0.5, 0.6) is 5.75 Å². The summed E-state index contributed by atoms with van der Waals surface area (Å²) in [7, 11) is 0. The van der Waals surface area contributed by atoms with Crippen molar-refractivity contribution in [2.24, 2.45) is 11.8 Å². The SMILES string of the molecule is O=C(c1cnccn1)N1C[C@@H]2CC[C@H](Oc3ccccc3F)[C@@H]2C1. The van der Waals surface area contributed by atoms with Crippen LogP contribution in [-0.2, 0) is 0 Å². The van der Waals surface area contributed by atoms with Crippen LogP contribution >= 0.6 is 0 Å². The van der Waals surface area contributed by atoms with Crippen LogP contribution in [0.1, 0.15) is 23.3 Å². The molecule has 4 rings (SSSR count). The van der Waals surface area contributed by atoms with Crippen molar-refractivity contribution in [1.82, 2.24) is 14.9 Å². The van der Waals surface area contributed by atoms with Crippen LogP contribution in [-0.4, -0.2) is 40.0 Å². The predicted molar refractivity (Wildman–Crippen MR) is 85.0 cm³/mol. The number of likely N-dealkylation sites (tertiary alicyclic amines) is 1. The van der Waals surface area contributed by atoms with E-state index in [2.05, 4.69) is 9.97 Å². The van der Waals surface area contributed by atoms with Gasteiger partial charge in [-0.3, -0.25) is 9.78 Å². The zero-order chi connectivity index (χ0) is 16.5. The first-order valence-corrected chi connectivity index (χ1v) is 8.19. The monoisotopic (exact) mass is 327 g/mol. The second-order valence-electron chi connectivity index (χ2n) is 6.39. The molecular formula is C18H18FN3O2. The van der Waals surface area contributed by atoms with Gasteiger partial charge in [0, 0.05) is 31.4 Å². The van der Waals surface area contributed by atoms with Crippen molar-refractivity contribution in [1.29, 1.82) is 0 Å². The molecule has 2 aliphatic rings. The summed E-state index contributed by atoms with van der Waals surface area (Å²) >= 11 is 0. The molecule has 1 aromatic heterocycles. The lowest BCUT2D eigenvalue weighted by molar-refractivity contribution is 0.0754. The summed E-state index contributed by atoms with van der Waals surface area (Å²) in [6.07, 6.45) is 6.41. The van der Waals surface area contributed by atoms with E-state index in [1.165, 1.54) is 18.5 Å². The van der Waals surface area contributed by atoms with Gasteiger partial charge in [0.15, 0.2) is 11.6 Å². The van der Waals surface area contributed by atoms with Crippen molar-refractivity contribution in [3.8, 4) is 5.75 Å². The summed E-state index contributed by atoms with van der Waals surface area (Å²) in [6, 6.07) is 6.47. The van der Waals surface area contributed by atoms with E-state index in [0.717, 1.165) is 12.8 Å². The molecule has 124 valence electrons. The van der Waals surface area contributed by atoms with Crippen molar-refractivity contribution in [3.63, 3.8) is 0 Å². The second kappa shape index (κ2) is 6.19. The summed E-state index contributed by atoms with van der Waals surface area (Å²) in [5.74, 6) is 0.503. The van der Waals surface area contributed by atoms with Crippen LogP contribution in [0.25, 0.3) is 0 Å². The fourth-order valence-electron chi connectivity index (χ4n) is 3.80. The van der Waals surface area contributed by atoms with Crippen LogP contribution < -0.4 is 4.74 Å². The lowest BCUT2D eigenvalue weighted by Gasteiger charge is -2.22. The third-order valence-corrected chi connectivity index (χ3v) is 4.98. The summed E-state index contributed by atoms with van der Waals surface area (Å²) in [5.41, 5.74) is 0.365. The van der Waals surface area contributed by atoms with Crippen molar-refractivity contribution in [2.75, 3.05) is 13.1 Å². The number of hydrogen-bond donors (Lipinski definition) is 0. The van der Waals surface area contributed by atoms with Crippen LogP contribution in [0.15, 0.2) is 42.9 Å². The van der Waals surface area contributed by atoms with Crippen LogP contribution in [0.2, 0.25) is 0 Å². The number of carbonyl (C=O) groups excluding carboxylic acids is 1. The maximum Gasteiger partial charge on any atom is 0.274 e. The van der Waals surface area contributed by atoms with E-state index in [0.29, 0.717) is 30.5 Å². The van der Waals surface area contributed by atoms with Gasteiger partial charge in [0.1, 0.15) is 11.8 Å². The topological polar surface area (TPSA) is 55.3 Å². The Morgan fingerprint density at radius 2 is 2.08 bits per heavy atom. The predicted octanol–water partition coefficient (Wildman–Crippen LogP) is 2.55. The molecule has 1 aromatic carbocycles. The quantitative estimate of drug-likeness (QED) is 0.869. The van der Waals surface area contributed by atoms with Gasteiger partial charge in [-0.1, -0.05) is 12.1 Å². The van der Waals surface area contributed by atoms with Gasteiger partial charge in [0.25, 0.3) is 5.91 Å². The van der Waals surface area contributed by atoms with Gasteiger partial charge < -0.3 is 9.64 Å². The Kier molecular flexibility index (Phi) is 3.88. The van der Waals surface area contributed by atoms with Crippen LogP contribution in [0.3, 0.4) is 0 Å². The highest BCUT2D eigenvalue weighted by atomic mass is 19.1. The molecule has 1 saturated heterocycles. The van der Waals surface area contributed by atoms with Gasteiger partial charge in [-0.15, -0.1) is 0 Å². The van der Waals surface area contributed by atoms with Gasteiger partial charge in [-0.05, 0) is 30.9 Å². The molecule has 24 heavy (non-hydrogen) atoms. The Balaban J connectivity index is 1.45. The van der Waals surface area contributed by atoms with Gasteiger partial charge in [0.05, 0.1) is 6.20 Å². The molecule has 0 bridgehead atoms. The summed E-state index contributed by atoms with van der Waals surface area (Å²) in [5, 5.41) is 0. The molecule has 1 aliphatic carbocycles. The lowest BCUT2D eigenvalue weighted by Crippen LogP contribution is -2.33. The number of aromatic nitrogens is 2. The number of fused-ring (bicyclic) bond motifs is 1. The average Bonchev–Trinajstić information content (AvgIpc) is 3.19. The van der Waals surface area contributed by atoms with Gasteiger partial charge >= 0.3 is 0 Å². The first-order valence-electron chi connectivity index (χ1n) is 8.19. The lowest BCUT2D eigenvalue weighted by atomic mass is 9.99. The number of nitrogens with zero attached hydrogens (tertiary/aromatic N) is 3. The number of rotatable bonds is 3. The van der Waals surface area contributed by atoms with E-state index in [4.69, 9.17) is 4.74 Å². The maximum atomic E-state index is 13.8. The molecule has 2 heterocycles.